The first-order valence-corrected chi connectivity index (χ1v) is 8.61. The second-order valence-corrected chi connectivity index (χ2v) is 7.30. The highest BCUT2D eigenvalue weighted by atomic mass is 32.2. The van der Waals surface area contributed by atoms with Gasteiger partial charge in [-0.25, -0.2) is 8.42 Å². The van der Waals surface area contributed by atoms with Crippen molar-refractivity contribution >= 4 is 21.2 Å². The quantitative estimate of drug-likeness (QED) is 0.647. The Morgan fingerprint density at radius 2 is 2.00 bits per heavy atom. The molecule has 116 valence electrons. The molecule has 21 heavy (non-hydrogen) atoms. The van der Waals surface area contributed by atoms with Gasteiger partial charge in [0.15, 0.2) is 9.84 Å². The smallest absolute Gasteiger partial charge is 0.288 e. The maximum Gasteiger partial charge on any atom is 0.288 e. The van der Waals surface area contributed by atoms with Crippen LogP contribution in [0.2, 0.25) is 0 Å². The van der Waals surface area contributed by atoms with Gasteiger partial charge in [-0.05, 0) is 25.0 Å². The molecule has 1 fully saturated rings. The molecule has 0 radical (unpaired) electrons. The monoisotopic (exact) mass is 314 g/mol. The van der Waals surface area contributed by atoms with Crippen LogP contribution in [0.25, 0.3) is 0 Å². The van der Waals surface area contributed by atoms with Gasteiger partial charge in [0.2, 0.25) is 0 Å². The average Bonchev–Trinajstić information content (AvgIpc) is 2.40. The summed E-state index contributed by atoms with van der Waals surface area (Å²) >= 11 is 0. The Morgan fingerprint density at radius 1 is 1.33 bits per heavy atom. The van der Waals surface area contributed by atoms with Crippen molar-refractivity contribution in [3.63, 3.8) is 0 Å². The Hall–Kier alpha value is -1.67. The number of hydrogen-bond donors (Lipinski definition) is 2. The maximum atomic E-state index is 11.7. The Morgan fingerprint density at radius 3 is 2.57 bits per heavy atom. The van der Waals surface area contributed by atoms with E-state index in [4.69, 9.17) is 0 Å². The fourth-order valence-corrected chi connectivity index (χ4v) is 3.41. The van der Waals surface area contributed by atoms with Crippen LogP contribution in [0.15, 0.2) is 23.1 Å². The predicted octanol–water partition coefficient (Wildman–Crippen LogP) is 1.71. The number of hydrogen-bond acceptors (Lipinski definition) is 6. The van der Waals surface area contributed by atoms with Gasteiger partial charge in [-0.3, -0.25) is 10.1 Å². The molecule has 1 aliphatic rings. The molecule has 0 heterocycles. The molecule has 1 aliphatic carbocycles. The van der Waals surface area contributed by atoms with Crippen molar-refractivity contribution in [1.82, 2.24) is 0 Å². The van der Waals surface area contributed by atoms with Crippen molar-refractivity contribution in [2.45, 2.75) is 42.7 Å². The highest BCUT2D eigenvalue weighted by molar-refractivity contribution is 7.90. The minimum atomic E-state index is -3.70. The molecule has 0 amide bonds. The fraction of sp³-hybridized carbons (Fsp3) is 0.538. The fourth-order valence-electron chi connectivity index (χ4n) is 2.55. The zero-order valence-corrected chi connectivity index (χ0v) is 12.5. The highest BCUT2D eigenvalue weighted by Gasteiger charge is 2.25. The lowest BCUT2D eigenvalue weighted by molar-refractivity contribution is -0.387. The number of anilines is 1. The van der Waals surface area contributed by atoms with Crippen molar-refractivity contribution in [3.05, 3.63) is 28.3 Å². The first-order valence-electron chi connectivity index (χ1n) is 6.72. The minimum Gasteiger partial charge on any atom is -0.391 e. The number of nitrogens with one attached hydrogen (secondary N) is 1. The van der Waals surface area contributed by atoms with Gasteiger partial charge in [-0.15, -0.1) is 0 Å². The van der Waals surface area contributed by atoms with E-state index in [0.717, 1.165) is 25.5 Å². The number of rotatable bonds is 4. The Kier molecular flexibility index (Phi) is 4.48. The molecule has 8 heteroatoms. The van der Waals surface area contributed by atoms with E-state index >= 15 is 0 Å². The first kappa shape index (κ1) is 15.7. The number of nitro groups is 1. The molecule has 0 bridgehead atoms. The highest BCUT2D eigenvalue weighted by Crippen LogP contribution is 2.29. The third-order valence-corrected chi connectivity index (χ3v) is 4.76. The lowest BCUT2D eigenvalue weighted by atomic mass is 9.92. The zero-order valence-electron chi connectivity index (χ0n) is 11.7. The summed E-state index contributed by atoms with van der Waals surface area (Å²) in [4.78, 5) is 9.87. The standard InChI is InChI=1S/C13H18N2O5S/c1-21(19,20)13-8-9(6-7-11(13)15(17)18)14-10-4-2-3-5-12(10)16/h6-8,10,12,14,16H,2-5H2,1H3/t10-,12-/m0/s1. The van der Waals surface area contributed by atoms with E-state index in [0.29, 0.717) is 12.1 Å². The van der Waals surface area contributed by atoms with E-state index < -0.39 is 26.6 Å². The van der Waals surface area contributed by atoms with E-state index in [-0.39, 0.29) is 10.9 Å². The van der Waals surface area contributed by atoms with Crippen LogP contribution in [0.3, 0.4) is 0 Å². The number of nitrogens with zero attached hydrogens (tertiary/aromatic N) is 1. The van der Waals surface area contributed by atoms with Gasteiger partial charge in [-0.1, -0.05) is 12.8 Å². The van der Waals surface area contributed by atoms with E-state index in [1.807, 2.05) is 0 Å². The van der Waals surface area contributed by atoms with Crippen LogP contribution in [-0.2, 0) is 9.84 Å². The molecule has 1 aromatic carbocycles. The van der Waals surface area contributed by atoms with Crippen molar-refractivity contribution in [1.29, 1.82) is 0 Å². The largest absolute Gasteiger partial charge is 0.391 e. The summed E-state index contributed by atoms with van der Waals surface area (Å²) in [7, 11) is -3.70. The van der Waals surface area contributed by atoms with Crippen LogP contribution in [0.5, 0.6) is 0 Å². The lowest BCUT2D eigenvalue weighted by Crippen LogP contribution is -2.36. The summed E-state index contributed by atoms with van der Waals surface area (Å²) in [5.74, 6) is 0. The van der Waals surface area contributed by atoms with Gasteiger partial charge >= 0.3 is 0 Å². The van der Waals surface area contributed by atoms with Crippen molar-refractivity contribution in [2.75, 3.05) is 11.6 Å². The molecule has 7 nitrogen and oxygen atoms in total. The van der Waals surface area contributed by atoms with Gasteiger partial charge in [-0.2, -0.15) is 0 Å². The van der Waals surface area contributed by atoms with E-state index in [2.05, 4.69) is 5.32 Å². The van der Waals surface area contributed by atoms with Crippen molar-refractivity contribution in [2.24, 2.45) is 0 Å². The van der Waals surface area contributed by atoms with Gasteiger partial charge in [0.25, 0.3) is 5.69 Å². The molecule has 0 saturated heterocycles. The van der Waals surface area contributed by atoms with Gasteiger partial charge < -0.3 is 10.4 Å². The van der Waals surface area contributed by atoms with Crippen LogP contribution in [0, 0.1) is 10.1 Å². The van der Waals surface area contributed by atoms with E-state index in [1.165, 1.54) is 18.2 Å². The molecule has 0 aromatic heterocycles. The number of benzene rings is 1. The molecule has 0 spiro atoms. The van der Waals surface area contributed by atoms with Crippen LogP contribution in [0.1, 0.15) is 25.7 Å². The van der Waals surface area contributed by atoms with Gasteiger partial charge in [0.1, 0.15) is 4.90 Å². The third-order valence-electron chi connectivity index (χ3n) is 3.64. The van der Waals surface area contributed by atoms with Crippen LogP contribution < -0.4 is 5.32 Å². The SMILES string of the molecule is CS(=O)(=O)c1cc(N[C@H]2CCCC[C@@H]2O)ccc1[N+](=O)[O-]. The molecule has 1 saturated carbocycles. The summed E-state index contributed by atoms with van der Waals surface area (Å²) < 4.78 is 23.4. The number of nitro benzene ring substituents is 1. The molecule has 0 unspecified atom stereocenters. The molecule has 1 aromatic rings. The third kappa shape index (κ3) is 3.70. The van der Waals surface area contributed by atoms with E-state index in [9.17, 15) is 23.6 Å². The topological polar surface area (TPSA) is 110 Å². The average molecular weight is 314 g/mol. The molecular weight excluding hydrogens is 296 g/mol. The van der Waals surface area contributed by atoms with Crippen LogP contribution >= 0.6 is 0 Å². The molecule has 2 N–H and O–H groups in total. The molecule has 2 rings (SSSR count). The number of aliphatic hydroxyl groups is 1. The molecule has 2 atom stereocenters. The normalized spacial score (nSPS) is 22.8. The Balaban J connectivity index is 2.31. The second kappa shape index (κ2) is 5.98. The number of aliphatic hydroxyl groups excluding tert-OH is 1. The molecular formula is C13H18N2O5S. The summed E-state index contributed by atoms with van der Waals surface area (Å²) in [5.41, 5.74) is 0.0271. The summed E-state index contributed by atoms with van der Waals surface area (Å²) in [6.07, 6.45) is 3.88. The van der Waals surface area contributed by atoms with E-state index in [1.54, 1.807) is 0 Å². The second-order valence-electron chi connectivity index (χ2n) is 5.31. The summed E-state index contributed by atoms with van der Waals surface area (Å²) in [6, 6.07) is 3.74. The summed E-state index contributed by atoms with van der Waals surface area (Å²) in [5, 5.41) is 23.9. The Labute approximate surface area is 123 Å². The van der Waals surface area contributed by atoms with Gasteiger partial charge in [0.05, 0.1) is 17.1 Å². The number of sulfone groups is 1. The first-order chi connectivity index (χ1) is 9.79. The molecule has 0 aliphatic heterocycles. The van der Waals surface area contributed by atoms with Crippen LogP contribution in [-0.4, -0.2) is 36.8 Å². The zero-order chi connectivity index (χ0) is 15.6. The minimum absolute atomic E-state index is 0.160. The van der Waals surface area contributed by atoms with Gasteiger partial charge in [0, 0.05) is 18.0 Å². The predicted molar refractivity (Wildman–Crippen MR) is 78.1 cm³/mol. The maximum absolute atomic E-state index is 11.7. The Bertz CT molecular complexity index is 644. The summed E-state index contributed by atoms with van der Waals surface area (Å²) in [6.45, 7) is 0. The van der Waals surface area contributed by atoms with Crippen molar-refractivity contribution in [3.8, 4) is 0 Å². The van der Waals surface area contributed by atoms with Crippen molar-refractivity contribution < 1.29 is 18.4 Å². The van der Waals surface area contributed by atoms with Crippen LogP contribution in [0.4, 0.5) is 11.4 Å². The lowest BCUT2D eigenvalue weighted by Gasteiger charge is -2.29.